The molecule has 1 unspecified atom stereocenters. The zero-order valence-corrected chi connectivity index (χ0v) is 8.94. The van der Waals surface area contributed by atoms with E-state index in [1.165, 1.54) is 12.8 Å². The predicted octanol–water partition coefficient (Wildman–Crippen LogP) is 1.85. The highest BCUT2D eigenvalue weighted by molar-refractivity contribution is 5.47. The van der Waals surface area contributed by atoms with E-state index < -0.39 is 0 Å². The molecule has 1 aromatic rings. The summed E-state index contributed by atoms with van der Waals surface area (Å²) in [7, 11) is 1.56. The molecule has 1 aliphatic rings. The number of hydrogen-bond acceptors (Lipinski definition) is 3. The second-order valence-corrected chi connectivity index (χ2v) is 4.08. The Morgan fingerprint density at radius 2 is 2.27 bits per heavy atom. The number of para-hydroxylation sites is 1. The van der Waals surface area contributed by atoms with Crippen molar-refractivity contribution < 1.29 is 9.84 Å². The van der Waals surface area contributed by atoms with Crippen LogP contribution in [0.25, 0.3) is 0 Å². The molecule has 0 aromatic heterocycles. The van der Waals surface area contributed by atoms with Crippen molar-refractivity contribution >= 4 is 0 Å². The molecule has 1 saturated carbocycles. The molecule has 82 valence electrons. The van der Waals surface area contributed by atoms with E-state index in [-0.39, 0.29) is 11.7 Å². The van der Waals surface area contributed by atoms with Crippen molar-refractivity contribution in [1.29, 1.82) is 0 Å². The minimum atomic E-state index is 0.252. The van der Waals surface area contributed by atoms with Crippen LogP contribution in [0.3, 0.4) is 0 Å². The van der Waals surface area contributed by atoms with E-state index in [0.29, 0.717) is 18.2 Å². The largest absolute Gasteiger partial charge is 0.504 e. The Balaban J connectivity index is 2.33. The first-order chi connectivity index (χ1) is 7.27. The fraction of sp³-hybridized carbons (Fsp3) is 0.500. The number of aromatic hydroxyl groups is 1. The van der Waals surface area contributed by atoms with Crippen LogP contribution in [-0.4, -0.2) is 18.8 Å². The van der Waals surface area contributed by atoms with E-state index in [2.05, 4.69) is 0 Å². The van der Waals surface area contributed by atoms with Crippen LogP contribution in [0.15, 0.2) is 18.2 Å². The van der Waals surface area contributed by atoms with E-state index >= 15 is 0 Å². The number of rotatable bonds is 4. The predicted molar refractivity (Wildman–Crippen MR) is 59.2 cm³/mol. The Kier molecular flexibility index (Phi) is 2.82. The van der Waals surface area contributed by atoms with Crippen LogP contribution in [0.2, 0.25) is 0 Å². The van der Waals surface area contributed by atoms with Crippen molar-refractivity contribution in [3.8, 4) is 11.5 Å². The molecule has 1 aliphatic carbocycles. The summed E-state index contributed by atoms with van der Waals surface area (Å²) in [6.07, 6.45) is 2.44. The van der Waals surface area contributed by atoms with E-state index in [9.17, 15) is 5.11 Å². The van der Waals surface area contributed by atoms with Crippen LogP contribution in [0.1, 0.15) is 24.3 Å². The highest BCUT2D eigenvalue weighted by Crippen LogP contribution is 2.46. The molecular formula is C12H17NO2. The average molecular weight is 207 g/mol. The van der Waals surface area contributed by atoms with Gasteiger partial charge in [0.05, 0.1) is 7.11 Å². The SMILES string of the molecule is COc1cccc(C(CN)C2CC2)c1O. The summed E-state index contributed by atoms with van der Waals surface area (Å²) in [4.78, 5) is 0. The summed E-state index contributed by atoms with van der Waals surface area (Å²) in [5, 5.41) is 9.99. The van der Waals surface area contributed by atoms with E-state index in [4.69, 9.17) is 10.5 Å². The average Bonchev–Trinajstić information content (AvgIpc) is 3.06. The topological polar surface area (TPSA) is 55.5 Å². The number of nitrogens with two attached hydrogens (primary N) is 1. The molecule has 3 heteroatoms. The summed E-state index contributed by atoms with van der Waals surface area (Å²) in [5.74, 6) is 1.71. The van der Waals surface area contributed by atoms with E-state index in [1.54, 1.807) is 13.2 Å². The van der Waals surface area contributed by atoms with Gasteiger partial charge >= 0.3 is 0 Å². The van der Waals surface area contributed by atoms with Gasteiger partial charge in [-0.3, -0.25) is 0 Å². The second-order valence-electron chi connectivity index (χ2n) is 4.08. The number of methoxy groups -OCH3 is 1. The molecule has 0 aliphatic heterocycles. The lowest BCUT2D eigenvalue weighted by Gasteiger charge is -2.17. The minimum absolute atomic E-state index is 0.252. The Bertz CT molecular complexity index is 347. The van der Waals surface area contributed by atoms with Gasteiger partial charge < -0.3 is 15.6 Å². The summed E-state index contributed by atoms with van der Waals surface area (Å²) in [6.45, 7) is 0.589. The van der Waals surface area contributed by atoms with Crippen molar-refractivity contribution in [1.82, 2.24) is 0 Å². The Labute approximate surface area is 89.9 Å². The molecule has 3 N–H and O–H groups in total. The van der Waals surface area contributed by atoms with Gasteiger partial charge in [0, 0.05) is 11.5 Å². The maximum absolute atomic E-state index is 9.99. The van der Waals surface area contributed by atoms with Gasteiger partial charge in [-0.05, 0) is 31.4 Å². The van der Waals surface area contributed by atoms with Crippen LogP contribution in [0.5, 0.6) is 11.5 Å². The molecule has 0 spiro atoms. The second kappa shape index (κ2) is 4.11. The minimum Gasteiger partial charge on any atom is -0.504 e. The van der Waals surface area contributed by atoms with Crippen molar-refractivity contribution in [3.63, 3.8) is 0 Å². The lowest BCUT2D eigenvalue weighted by atomic mass is 9.93. The van der Waals surface area contributed by atoms with Gasteiger partial charge in [0.2, 0.25) is 0 Å². The lowest BCUT2D eigenvalue weighted by molar-refractivity contribution is 0.367. The Hall–Kier alpha value is -1.22. The maximum atomic E-state index is 9.99. The van der Waals surface area contributed by atoms with Gasteiger partial charge in [0.15, 0.2) is 11.5 Å². The molecule has 2 rings (SSSR count). The normalized spacial score (nSPS) is 17.5. The maximum Gasteiger partial charge on any atom is 0.161 e. The summed E-state index contributed by atoms with van der Waals surface area (Å²) in [5.41, 5.74) is 6.68. The van der Waals surface area contributed by atoms with Gasteiger partial charge in [0.25, 0.3) is 0 Å². The van der Waals surface area contributed by atoms with E-state index in [0.717, 1.165) is 5.56 Å². The quantitative estimate of drug-likeness (QED) is 0.792. The van der Waals surface area contributed by atoms with Crippen molar-refractivity contribution in [3.05, 3.63) is 23.8 Å². The van der Waals surface area contributed by atoms with Crippen molar-refractivity contribution in [2.45, 2.75) is 18.8 Å². The fourth-order valence-electron chi connectivity index (χ4n) is 2.08. The standard InChI is InChI=1S/C12H17NO2/c1-15-11-4-2-3-9(12(11)14)10(7-13)8-5-6-8/h2-4,8,10,14H,5-7,13H2,1H3. The van der Waals surface area contributed by atoms with Gasteiger partial charge in [0.1, 0.15) is 0 Å². The third-order valence-corrected chi connectivity index (χ3v) is 3.09. The van der Waals surface area contributed by atoms with Crippen LogP contribution in [-0.2, 0) is 0 Å². The van der Waals surface area contributed by atoms with Crippen molar-refractivity contribution in [2.75, 3.05) is 13.7 Å². The molecule has 1 aromatic carbocycles. The molecule has 0 bridgehead atoms. The number of benzene rings is 1. The number of phenolic OH excluding ortho intramolecular Hbond substituents is 1. The van der Waals surface area contributed by atoms with Crippen LogP contribution < -0.4 is 10.5 Å². The fourth-order valence-corrected chi connectivity index (χ4v) is 2.08. The lowest BCUT2D eigenvalue weighted by Crippen LogP contribution is -2.14. The monoisotopic (exact) mass is 207 g/mol. The highest BCUT2D eigenvalue weighted by Gasteiger charge is 2.33. The molecule has 0 amide bonds. The molecule has 0 heterocycles. The van der Waals surface area contributed by atoms with Crippen molar-refractivity contribution in [2.24, 2.45) is 11.7 Å². The third-order valence-electron chi connectivity index (χ3n) is 3.09. The zero-order valence-electron chi connectivity index (χ0n) is 8.94. The number of hydrogen-bond donors (Lipinski definition) is 2. The van der Waals surface area contributed by atoms with Gasteiger partial charge in [-0.2, -0.15) is 0 Å². The van der Waals surface area contributed by atoms with Gasteiger partial charge in [-0.25, -0.2) is 0 Å². The summed E-state index contributed by atoms with van der Waals surface area (Å²) >= 11 is 0. The molecular weight excluding hydrogens is 190 g/mol. The molecule has 3 nitrogen and oxygen atoms in total. The third kappa shape index (κ3) is 1.92. The van der Waals surface area contributed by atoms with Crippen LogP contribution in [0, 0.1) is 5.92 Å². The summed E-state index contributed by atoms with van der Waals surface area (Å²) in [6, 6.07) is 5.60. The number of phenols is 1. The first-order valence-electron chi connectivity index (χ1n) is 5.33. The molecule has 1 atom stereocenters. The smallest absolute Gasteiger partial charge is 0.161 e. The zero-order chi connectivity index (χ0) is 10.8. The summed E-state index contributed by atoms with van der Waals surface area (Å²) < 4.78 is 5.09. The van der Waals surface area contributed by atoms with Gasteiger partial charge in [-0.15, -0.1) is 0 Å². The molecule has 1 fully saturated rings. The molecule has 0 radical (unpaired) electrons. The van der Waals surface area contributed by atoms with Gasteiger partial charge in [-0.1, -0.05) is 12.1 Å². The van der Waals surface area contributed by atoms with Crippen LogP contribution in [0.4, 0.5) is 0 Å². The Morgan fingerprint density at radius 1 is 1.53 bits per heavy atom. The highest BCUT2D eigenvalue weighted by atomic mass is 16.5. The Morgan fingerprint density at radius 3 is 2.80 bits per heavy atom. The first kappa shape index (κ1) is 10.3. The first-order valence-corrected chi connectivity index (χ1v) is 5.33. The molecule has 15 heavy (non-hydrogen) atoms. The van der Waals surface area contributed by atoms with Crippen LogP contribution >= 0.6 is 0 Å². The molecule has 0 saturated heterocycles. The van der Waals surface area contributed by atoms with E-state index in [1.807, 2.05) is 12.1 Å². The number of ether oxygens (including phenoxy) is 1.